The summed E-state index contributed by atoms with van der Waals surface area (Å²) in [4.78, 5) is -2.24. The number of rotatable bonds is 2. The number of hydrogen-bond acceptors (Lipinski definition) is 1. The average molecular weight is 366 g/mol. The third-order valence-electron chi connectivity index (χ3n) is 2.75. The molecule has 1 aliphatic rings. The van der Waals surface area contributed by atoms with E-state index < -0.39 is 16.9 Å². The van der Waals surface area contributed by atoms with E-state index in [1.807, 2.05) is 0 Å². The Hall–Kier alpha value is -0.560. The smallest absolute Gasteiger partial charge is 0.454 e. The van der Waals surface area contributed by atoms with Crippen LogP contribution >= 0.6 is 27.5 Å². The molecule has 0 fully saturated rings. The van der Waals surface area contributed by atoms with Gasteiger partial charge >= 0.3 is 12.1 Å². The molecule has 0 saturated heterocycles. The monoisotopic (exact) mass is 364 g/mol. The van der Waals surface area contributed by atoms with Gasteiger partial charge < -0.3 is 4.74 Å². The highest BCUT2D eigenvalue weighted by atomic mass is 79.9. The van der Waals surface area contributed by atoms with Crippen molar-refractivity contribution in [3.8, 4) is 5.75 Å². The fraction of sp³-hybridized carbons (Fsp3) is 0.455. The minimum atomic E-state index is -5.66. The molecule has 1 aliphatic heterocycles. The van der Waals surface area contributed by atoms with Crippen molar-refractivity contribution in [2.45, 2.75) is 23.3 Å². The fourth-order valence-corrected chi connectivity index (χ4v) is 2.67. The molecule has 0 bridgehead atoms. The van der Waals surface area contributed by atoms with E-state index in [1.165, 1.54) is 6.07 Å². The Morgan fingerprint density at radius 1 is 1.21 bits per heavy atom. The molecular weight excluding hydrogens is 358 g/mol. The highest BCUT2D eigenvalue weighted by molar-refractivity contribution is 9.09. The van der Waals surface area contributed by atoms with E-state index in [1.54, 1.807) is 0 Å². The van der Waals surface area contributed by atoms with E-state index >= 15 is 0 Å². The van der Waals surface area contributed by atoms with Crippen molar-refractivity contribution < 1.29 is 26.7 Å². The molecule has 0 amide bonds. The zero-order chi connectivity index (χ0) is 14.4. The predicted molar refractivity (Wildman–Crippen MR) is 63.3 cm³/mol. The van der Waals surface area contributed by atoms with Crippen molar-refractivity contribution in [2.24, 2.45) is 0 Å². The highest BCUT2D eigenvalue weighted by Crippen LogP contribution is 2.52. The summed E-state index contributed by atoms with van der Waals surface area (Å²) in [7, 11) is 0. The molecule has 1 unspecified atom stereocenters. The largest absolute Gasteiger partial charge is 0.493 e. The first-order valence-electron chi connectivity index (χ1n) is 5.18. The summed E-state index contributed by atoms with van der Waals surface area (Å²) >= 11 is 8.16. The molecule has 8 heteroatoms. The minimum absolute atomic E-state index is 0.0511. The van der Waals surface area contributed by atoms with E-state index in [-0.39, 0.29) is 22.9 Å². The SMILES string of the molecule is FC(F)(F)C(F)(F)C(Br)c1cc(Cl)cc2c1OCC2. The van der Waals surface area contributed by atoms with Crippen LogP contribution in [0.25, 0.3) is 0 Å². The quantitative estimate of drug-likeness (QED) is 0.534. The third kappa shape index (κ3) is 2.54. The first-order valence-corrected chi connectivity index (χ1v) is 6.47. The Bertz CT molecular complexity index is 503. The number of alkyl halides is 6. The average Bonchev–Trinajstić information content (AvgIpc) is 2.72. The van der Waals surface area contributed by atoms with Gasteiger partial charge in [-0.3, -0.25) is 0 Å². The van der Waals surface area contributed by atoms with Gasteiger partial charge in [-0.25, -0.2) is 0 Å². The highest BCUT2D eigenvalue weighted by Gasteiger charge is 2.62. The van der Waals surface area contributed by atoms with Crippen LogP contribution in [0.2, 0.25) is 5.02 Å². The first-order chi connectivity index (χ1) is 8.64. The van der Waals surface area contributed by atoms with E-state index in [0.29, 0.717) is 12.0 Å². The van der Waals surface area contributed by atoms with Gasteiger partial charge in [0.15, 0.2) is 0 Å². The van der Waals surface area contributed by atoms with Crippen molar-refractivity contribution >= 4 is 27.5 Å². The number of hydrogen-bond donors (Lipinski definition) is 0. The van der Waals surface area contributed by atoms with E-state index in [0.717, 1.165) is 6.07 Å². The maximum Gasteiger partial charge on any atom is 0.454 e. The molecule has 1 heterocycles. The van der Waals surface area contributed by atoms with Crippen LogP contribution in [0.4, 0.5) is 22.0 Å². The van der Waals surface area contributed by atoms with Gasteiger partial charge in [-0.15, -0.1) is 0 Å². The summed E-state index contributed by atoms with van der Waals surface area (Å²) in [5, 5.41) is 0.0988. The second kappa shape index (κ2) is 4.77. The second-order valence-electron chi connectivity index (χ2n) is 4.07. The molecule has 19 heavy (non-hydrogen) atoms. The normalized spacial score (nSPS) is 17.0. The van der Waals surface area contributed by atoms with E-state index in [2.05, 4.69) is 15.9 Å². The predicted octanol–water partition coefficient (Wildman–Crippen LogP) is 4.91. The third-order valence-corrected chi connectivity index (χ3v) is 4.03. The molecule has 2 rings (SSSR count). The second-order valence-corrected chi connectivity index (χ2v) is 5.42. The zero-order valence-corrected chi connectivity index (χ0v) is 11.5. The maximum atomic E-state index is 13.3. The van der Waals surface area contributed by atoms with Crippen LogP contribution in [0.5, 0.6) is 5.75 Å². The topological polar surface area (TPSA) is 9.23 Å². The molecule has 1 atom stereocenters. The summed E-state index contributed by atoms with van der Waals surface area (Å²) in [5.74, 6) is -4.87. The lowest BCUT2D eigenvalue weighted by Gasteiger charge is -2.26. The summed E-state index contributed by atoms with van der Waals surface area (Å²) in [5.41, 5.74) is 0.243. The lowest BCUT2D eigenvalue weighted by Crippen LogP contribution is -2.40. The molecule has 0 radical (unpaired) electrons. The van der Waals surface area contributed by atoms with Crippen molar-refractivity contribution in [1.29, 1.82) is 0 Å². The number of benzene rings is 1. The van der Waals surface area contributed by atoms with Crippen LogP contribution in [-0.4, -0.2) is 18.7 Å². The first kappa shape index (κ1) is 14.8. The van der Waals surface area contributed by atoms with Crippen molar-refractivity contribution in [2.75, 3.05) is 6.61 Å². The zero-order valence-electron chi connectivity index (χ0n) is 9.20. The lowest BCUT2D eigenvalue weighted by molar-refractivity contribution is -0.281. The lowest BCUT2D eigenvalue weighted by atomic mass is 10.0. The summed E-state index contributed by atoms with van der Waals surface area (Å²) in [6, 6.07) is 2.56. The van der Waals surface area contributed by atoms with Gasteiger partial charge in [0, 0.05) is 17.0 Å². The Labute approximate surface area is 118 Å². The van der Waals surface area contributed by atoms with Crippen molar-refractivity contribution in [1.82, 2.24) is 0 Å². The van der Waals surface area contributed by atoms with Gasteiger partial charge in [0.1, 0.15) is 10.6 Å². The summed E-state index contributed by atoms with van der Waals surface area (Å²) < 4.78 is 68.9. The van der Waals surface area contributed by atoms with Crippen LogP contribution in [0.15, 0.2) is 12.1 Å². The van der Waals surface area contributed by atoms with Gasteiger partial charge in [0.2, 0.25) is 0 Å². The fourth-order valence-electron chi connectivity index (χ4n) is 1.83. The Balaban J connectivity index is 2.48. The van der Waals surface area contributed by atoms with Gasteiger partial charge in [-0.1, -0.05) is 27.5 Å². The van der Waals surface area contributed by atoms with Crippen LogP contribution in [-0.2, 0) is 6.42 Å². The molecule has 1 aromatic rings. The molecule has 0 N–H and O–H groups in total. The van der Waals surface area contributed by atoms with Gasteiger partial charge in [0.05, 0.1) is 6.61 Å². The molecule has 0 saturated carbocycles. The van der Waals surface area contributed by atoms with Crippen LogP contribution in [0.1, 0.15) is 16.0 Å². The number of halogens is 7. The Morgan fingerprint density at radius 3 is 2.42 bits per heavy atom. The van der Waals surface area contributed by atoms with E-state index in [9.17, 15) is 22.0 Å². The maximum absolute atomic E-state index is 13.3. The summed E-state index contributed by atoms with van der Waals surface area (Å²) in [6.45, 7) is 0.236. The number of ether oxygens (including phenoxy) is 1. The Kier molecular flexibility index (Phi) is 3.72. The van der Waals surface area contributed by atoms with E-state index in [4.69, 9.17) is 16.3 Å². The van der Waals surface area contributed by atoms with Crippen molar-refractivity contribution in [3.05, 3.63) is 28.3 Å². The van der Waals surface area contributed by atoms with Gasteiger partial charge in [-0.2, -0.15) is 22.0 Å². The molecule has 106 valence electrons. The number of fused-ring (bicyclic) bond motifs is 1. The molecule has 0 aliphatic carbocycles. The molecule has 1 aromatic carbocycles. The summed E-state index contributed by atoms with van der Waals surface area (Å²) in [6.07, 6.45) is -5.23. The van der Waals surface area contributed by atoms with Crippen molar-refractivity contribution in [3.63, 3.8) is 0 Å². The van der Waals surface area contributed by atoms with Gasteiger partial charge in [0.25, 0.3) is 0 Å². The van der Waals surface area contributed by atoms with Crippen LogP contribution in [0.3, 0.4) is 0 Å². The standard InChI is InChI=1S/C11H7BrClF5O/c12-9(10(14,15)11(16,17)18)7-4-6(13)3-5-1-2-19-8(5)7/h3-4,9H,1-2H2. The molecule has 1 nitrogen and oxygen atoms in total. The van der Waals surface area contributed by atoms with Crippen LogP contribution in [0, 0.1) is 0 Å². The van der Waals surface area contributed by atoms with Crippen LogP contribution < -0.4 is 4.74 Å². The minimum Gasteiger partial charge on any atom is -0.493 e. The molecule has 0 aromatic heterocycles. The Morgan fingerprint density at radius 2 is 1.84 bits per heavy atom. The van der Waals surface area contributed by atoms with Gasteiger partial charge in [-0.05, 0) is 17.7 Å². The molecular formula is C11H7BrClF5O. The molecule has 0 spiro atoms.